The standard InChI is InChI=1S/C11H10F10O2/c1-2-6-3-4-8(14,9(6,15)23-11(19,20)21)22-5-7(12,13)10(16,17)18/h4,6H,1-3,5H2. The highest BCUT2D eigenvalue weighted by atomic mass is 19.4. The van der Waals surface area contributed by atoms with Crippen molar-refractivity contribution in [3.63, 3.8) is 0 Å². The summed E-state index contributed by atoms with van der Waals surface area (Å²) in [5.41, 5.74) is 0. The SMILES string of the molecule is [CH2]CC1C[CH]C(F)(OCC(F)(F)C(F)(F)F)C1(F)OC(F)(F)F. The Morgan fingerprint density at radius 1 is 1.04 bits per heavy atom. The molecule has 0 heterocycles. The summed E-state index contributed by atoms with van der Waals surface area (Å²) >= 11 is 0. The minimum absolute atomic E-state index is 0.0705. The Hall–Kier alpha value is -0.780. The lowest BCUT2D eigenvalue weighted by molar-refractivity contribution is -0.444. The number of hydrogen-bond acceptors (Lipinski definition) is 2. The van der Waals surface area contributed by atoms with Gasteiger partial charge < -0.3 is 4.74 Å². The van der Waals surface area contributed by atoms with E-state index in [9.17, 15) is 43.9 Å². The van der Waals surface area contributed by atoms with Crippen molar-refractivity contribution in [1.29, 1.82) is 0 Å². The second kappa shape index (κ2) is 5.94. The van der Waals surface area contributed by atoms with E-state index >= 15 is 0 Å². The van der Waals surface area contributed by atoms with E-state index in [2.05, 4.69) is 16.4 Å². The van der Waals surface area contributed by atoms with Crippen molar-refractivity contribution in [3.05, 3.63) is 13.3 Å². The van der Waals surface area contributed by atoms with Crippen LogP contribution in [0.5, 0.6) is 0 Å². The van der Waals surface area contributed by atoms with Gasteiger partial charge in [0.2, 0.25) is 0 Å². The van der Waals surface area contributed by atoms with Crippen LogP contribution in [0.4, 0.5) is 43.9 Å². The van der Waals surface area contributed by atoms with E-state index in [1.165, 1.54) is 0 Å². The van der Waals surface area contributed by atoms with E-state index < -0.39 is 55.5 Å². The fraction of sp³-hybridized carbons (Fsp3) is 0.818. The molecule has 2 radical (unpaired) electrons. The van der Waals surface area contributed by atoms with Gasteiger partial charge in [-0.25, -0.2) is 13.5 Å². The van der Waals surface area contributed by atoms with Crippen LogP contribution in [0, 0.1) is 19.3 Å². The van der Waals surface area contributed by atoms with Gasteiger partial charge >= 0.3 is 18.5 Å². The van der Waals surface area contributed by atoms with Crippen molar-refractivity contribution in [3.8, 4) is 0 Å². The molecule has 0 aromatic rings. The lowest BCUT2D eigenvalue weighted by Crippen LogP contribution is -2.55. The van der Waals surface area contributed by atoms with Gasteiger partial charge in [-0.2, -0.15) is 22.0 Å². The number of hydrogen-bond donors (Lipinski definition) is 0. The maximum absolute atomic E-state index is 14.4. The summed E-state index contributed by atoms with van der Waals surface area (Å²) in [6.07, 6.45) is -13.2. The van der Waals surface area contributed by atoms with Gasteiger partial charge in [0.05, 0.1) is 0 Å². The Morgan fingerprint density at radius 2 is 1.57 bits per heavy atom. The predicted octanol–water partition coefficient (Wildman–Crippen LogP) is 4.52. The van der Waals surface area contributed by atoms with E-state index in [1.54, 1.807) is 0 Å². The largest absolute Gasteiger partial charge is 0.525 e. The minimum atomic E-state index is -6.16. The Morgan fingerprint density at radius 3 is 1.96 bits per heavy atom. The first-order valence-corrected chi connectivity index (χ1v) is 5.95. The van der Waals surface area contributed by atoms with Gasteiger partial charge in [0.1, 0.15) is 6.61 Å². The molecule has 12 heteroatoms. The molecule has 0 aromatic carbocycles. The highest BCUT2D eigenvalue weighted by Crippen LogP contribution is 2.54. The summed E-state index contributed by atoms with van der Waals surface area (Å²) in [6.45, 7) is 0.327. The fourth-order valence-corrected chi connectivity index (χ4v) is 1.92. The highest BCUT2D eigenvalue weighted by molar-refractivity contribution is 5.10. The molecule has 0 N–H and O–H groups in total. The van der Waals surface area contributed by atoms with E-state index in [-0.39, 0.29) is 6.42 Å². The molecule has 0 amide bonds. The smallest absolute Gasteiger partial charge is 0.334 e. The number of rotatable bonds is 5. The molecule has 0 spiro atoms. The summed E-state index contributed by atoms with van der Waals surface area (Å²) in [5, 5.41) is 0. The van der Waals surface area contributed by atoms with Crippen LogP contribution in [-0.2, 0) is 9.47 Å². The minimum Gasteiger partial charge on any atom is -0.334 e. The number of alkyl halides is 10. The van der Waals surface area contributed by atoms with Gasteiger partial charge in [0.15, 0.2) is 0 Å². The summed E-state index contributed by atoms with van der Waals surface area (Å²) in [5.74, 6) is -16.1. The Kier molecular flexibility index (Phi) is 5.23. The molecule has 2 nitrogen and oxygen atoms in total. The van der Waals surface area contributed by atoms with Crippen molar-refractivity contribution in [2.24, 2.45) is 5.92 Å². The number of ether oxygens (including phenoxy) is 2. The maximum Gasteiger partial charge on any atom is 0.525 e. The molecule has 0 bridgehead atoms. The van der Waals surface area contributed by atoms with Gasteiger partial charge in [0.25, 0.3) is 11.7 Å². The molecular formula is C11H10F10O2. The lowest BCUT2D eigenvalue weighted by Gasteiger charge is -2.37. The molecule has 3 unspecified atom stereocenters. The highest BCUT2D eigenvalue weighted by Gasteiger charge is 2.70. The van der Waals surface area contributed by atoms with E-state index in [4.69, 9.17) is 0 Å². The van der Waals surface area contributed by atoms with Crippen molar-refractivity contribution in [2.75, 3.05) is 6.61 Å². The molecular weight excluding hydrogens is 354 g/mol. The predicted molar refractivity (Wildman–Crippen MR) is 54.2 cm³/mol. The average Bonchev–Trinajstić information content (AvgIpc) is 2.56. The van der Waals surface area contributed by atoms with Crippen molar-refractivity contribution < 1.29 is 53.4 Å². The number of halogens is 10. The quantitative estimate of drug-likeness (QED) is 0.668. The third-order valence-corrected chi connectivity index (χ3v) is 3.15. The topological polar surface area (TPSA) is 18.5 Å². The van der Waals surface area contributed by atoms with E-state index in [1.807, 2.05) is 0 Å². The third-order valence-electron chi connectivity index (χ3n) is 3.15. The summed E-state index contributed by atoms with van der Waals surface area (Å²) < 4.78 is 133. The van der Waals surface area contributed by atoms with Crippen molar-refractivity contribution in [2.45, 2.75) is 43.0 Å². The molecule has 1 aliphatic rings. The summed E-state index contributed by atoms with van der Waals surface area (Å²) in [4.78, 5) is 0. The maximum atomic E-state index is 14.4. The first kappa shape index (κ1) is 20.3. The van der Waals surface area contributed by atoms with Crippen LogP contribution < -0.4 is 0 Å². The average molecular weight is 364 g/mol. The molecule has 1 saturated carbocycles. The van der Waals surface area contributed by atoms with Gasteiger partial charge in [0, 0.05) is 12.3 Å². The van der Waals surface area contributed by atoms with E-state index in [0.29, 0.717) is 0 Å². The lowest BCUT2D eigenvalue weighted by atomic mass is 9.99. The zero-order valence-corrected chi connectivity index (χ0v) is 11.1. The summed E-state index contributed by atoms with van der Waals surface area (Å²) in [7, 11) is 0. The van der Waals surface area contributed by atoms with Gasteiger partial charge in [-0.1, -0.05) is 6.92 Å². The molecule has 0 aliphatic heterocycles. The van der Waals surface area contributed by atoms with Crippen molar-refractivity contribution >= 4 is 0 Å². The first-order chi connectivity index (χ1) is 10.1. The molecule has 0 aromatic heterocycles. The Balaban J connectivity index is 3.02. The van der Waals surface area contributed by atoms with Crippen LogP contribution in [0.25, 0.3) is 0 Å². The summed E-state index contributed by atoms with van der Waals surface area (Å²) in [6, 6.07) is 0. The molecule has 3 atom stereocenters. The van der Waals surface area contributed by atoms with Crippen LogP contribution in [0.15, 0.2) is 0 Å². The zero-order valence-electron chi connectivity index (χ0n) is 11.1. The normalized spacial score (nSPS) is 33.3. The Labute approximate surface area is 123 Å². The molecule has 136 valence electrons. The van der Waals surface area contributed by atoms with Crippen LogP contribution >= 0.6 is 0 Å². The molecule has 1 aliphatic carbocycles. The van der Waals surface area contributed by atoms with Crippen LogP contribution in [0.2, 0.25) is 0 Å². The zero-order chi connectivity index (χ0) is 18.3. The second-order valence-corrected chi connectivity index (χ2v) is 4.75. The molecule has 1 fully saturated rings. The van der Waals surface area contributed by atoms with Crippen molar-refractivity contribution in [1.82, 2.24) is 0 Å². The van der Waals surface area contributed by atoms with E-state index in [0.717, 1.165) is 0 Å². The van der Waals surface area contributed by atoms with Gasteiger partial charge in [-0.3, -0.25) is 0 Å². The molecule has 1 rings (SSSR count). The van der Waals surface area contributed by atoms with Crippen LogP contribution in [0.1, 0.15) is 12.8 Å². The van der Waals surface area contributed by atoms with Gasteiger partial charge in [-0.05, 0) is 12.8 Å². The fourth-order valence-electron chi connectivity index (χ4n) is 1.92. The molecule has 0 saturated heterocycles. The third kappa shape index (κ3) is 4.01. The monoisotopic (exact) mass is 364 g/mol. The van der Waals surface area contributed by atoms with Crippen LogP contribution in [0.3, 0.4) is 0 Å². The van der Waals surface area contributed by atoms with Gasteiger partial charge in [-0.15, -0.1) is 13.2 Å². The Bertz CT molecular complexity index is 420. The first-order valence-electron chi connectivity index (χ1n) is 5.95. The second-order valence-electron chi connectivity index (χ2n) is 4.75. The molecule has 23 heavy (non-hydrogen) atoms. The van der Waals surface area contributed by atoms with Crippen LogP contribution in [-0.4, -0.2) is 36.8 Å².